The molecule has 0 radical (unpaired) electrons. The van der Waals surface area contributed by atoms with Gasteiger partial charge in [0.15, 0.2) is 17.3 Å². The van der Waals surface area contributed by atoms with Crippen molar-refractivity contribution in [2.45, 2.75) is 59.3 Å². The first kappa shape index (κ1) is 23.1. The molecule has 1 N–H and O–H groups in total. The summed E-state index contributed by atoms with van der Waals surface area (Å²) >= 11 is 0. The van der Waals surface area contributed by atoms with Crippen LogP contribution in [0.15, 0.2) is 45.8 Å². The molecule has 0 amide bonds. The summed E-state index contributed by atoms with van der Waals surface area (Å²) in [6.45, 7) is 11.5. The van der Waals surface area contributed by atoms with E-state index in [0.29, 0.717) is 35.7 Å². The number of benzene rings is 1. The topological polar surface area (TPSA) is 111 Å². The zero-order chi connectivity index (χ0) is 24.7. The Bertz CT molecular complexity index is 1380. The minimum atomic E-state index is -0.300. The van der Waals surface area contributed by atoms with Crippen LogP contribution in [0.5, 0.6) is 11.5 Å². The molecule has 0 aliphatic carbocycles. The molecule has 0 saturated heterocycles. The molecule has 35 heavy (non-hydrogen) atoms. The van der Waals surface area contributed by atoms with Gasteiger partial charge in [-0.05, 0) is 61.4 Å². The first-order valence-electron chi connectivity index (χ1n) is 11.7. The second-order valence-electron chi connectivity index (χ2n) is 10.2. The van der Waals surface area contributed by atoms with Gasteiger partial charge in [-0.3, -0.25) is 9.69 Å². The summed E-state index contributed by atoms with van der Waals surface area (Å²) in [6, 6.07) is 9.24. The summed E-state index contributed by atoms with van der Waals surface area (Å²) in [5.74, 6) is 3.01. The number of furan rings is 1. The normalized spacial score (nSPS) is 14.4. The van der Waals surface area contributed by atoms with Gasteiger partial charge in [-0.1, -0.05) is 13.8 Å². The van der Waals surface area contributed by atoms with Crippen LogP contribution in [-0.2, 0) is 18.6 Å². The number of pyridine rings is 1. The highest BCUT2D eigenvalue weighted by atomic mass is 16.7. The fourth-order valence-corrected chi connectivity index (χ4v) is 4.57. The summed E-state index contributed by atoms with van der Waals surface area (Å²) in [5.41, 5.74) is 0.880. The lowest BCUT2D eigenvalue weighted by Crippen LogP contribution is -2.37. The third-order valence-corrected chi connectivity index (χ3v) is 6.15. The molecular weight excluding hydrogens is 448 g/mol. The fraction of sp³-hybridized carbons (Fsp3) is 0.440. The van der Waals surface area contributed by atoms with E-state index in [2.05, 4.69) is 60.0 Å². The number of aromatic nitrogens is 5. The Morgan fingerprint density at radius 1 is 1.14 bits per heavy atom. The summed E-state index contributed by atoms with van der Waals surface area (Å²) in [6.07, 6.45) is 1.66. The number of hydrogen-bond acceptors (Lipinski definition) is 8. The highest BCUT2D eigenvalue weighted by Crippen LogP contribution is 2.36. The van der Waals surface area contributed by atoms with Crippen molar-refractivity contribution in [1.29, 1.82) is 0 Å². The number of rotatable bonds is 7. The molecule has 1 aliphatic rings. The van der Waals surface area contributed by atoms with Gasteiger partial charge >= 0.3 is 0 Å². The number of tetrazole rings is 1. The Labute approximate surface area is 202 Å². The van der Waals surface area contributed by atoms with E-state index in [1.54, 1.807) is 12.3 Å². The van der Waals surface area contributed by atoms with Gasteiger partial charge in [0.05, 0.1) is 29.9 Å². The van der Waals surface area contributed by atoms with Crippen molar-refractivity contribution in [2.24, 2.45) is 5.92 Å². The number of hydrogen-bond donors (Lipinski definition) is 1. The molecule has 0 fully saturated rings. The van der Waals surface area contributed by atoms with Crippen LogP contribution >= 0.6 is 0 Å². The summed E-state index contributed by atoms with van der Waals surface area (Å²) in [5, 5.41) is 13.6. The van der Waals surface area contributed by atoms with Crippen molar-refractivity contribution in [3.8, 4) is 11.5 Å². The Morgan fingerprint density at radius 2 is 1.91 bits per heavy atom. The maximum Gasteiger partial charge on any atom is 0.252 e. The number of fused-ring (bicyclic) bond motifs is 2. The lowest BCUT2D eigenvalue weighted by atomic mass is 9.99. The van der Waals surface area contributed by atoms with Crippen LogP contribution in [0.1, 0.15) is 57.8 Å². The molecule has 0 saturated carbocycles. The Morgan fingerprint density at radius 3 is 2.60 bits per heavy atom. The molecule has 10 nitrogen and oxygen atoms in total. The molecule has 10 heteroatoms. The molecular formula is C25H30N6O4. The first-order valence-corrected chi connectivity index (χ1v) is 11.7. The molecule has 4 aromatic rings. The largest absolute Gasteiger partial charge is 0.468 e. The van der Waals surface area contributed by atoms with Crippen molar-refractivity contribution in [1.82, 2.24) is 30.1 Å². The number of aromatic amines is 1. The van der Waals surface area contributed by atoms with Crippen molar-refractivity contribution in [3.05, 3.63) is 64.1 Å². The van der Waals surface area contributed by atoms with Crippen molar-refractivity contribution in [3.63, 3.8) is 0 Å². The maximum atomic E-state index is 13.2. The van der Waals surface area contributed by atoms with Gasteiger partial charge in [-0.15, -0.1) is 5.10 Å². The van der Waals surface area contributed by atoms with Crippen LogP contribution in [-0.4, -0.2) is 36.9 Å². The molecule has 184 valence electrons. The predicted molar refractivity (Wildman–Crippen MR) is 129 cm³/mol. The van der Waals surface area contributed by atoms with Gasteiger partial charge in [-0.2, -0.15) is 0 Å². The molecule has 1 aromatic carbocycles. The van der Waals surface area contributed by atoms with Crippen molar-refractivity contribution >= 4 is 10.9 Å². The minimum absolute atomic E-state index is 0.154. The lowest BCUT2D eigenvalue weighted by Gasteiger charge is -2.34. The Kier molecular flexibility index (Phi) is 5.84. The second-order valence-corrected chi connectivity index (χ2v) is 10.2. The second kappa shape index (κ2) is 8.84. The van der Waals surface area contributed by atoms with Crippen LogP contribution < -0.4 is 15.0 Å². The summed E-state index contributed by atoms with van der Waals surface area (Å²) in [4.78, 5) is 18.4. The standard InChI is InChI=1S/C25H30N6O4/c1-15(2)22(23-27-28-29-31(23)25(3,4)5)30(13-18-7-6-8-33-18)12-17-9-16-10-20-21(35-14-34-20)11-19(16)26-24(17)32/h6-11,15,22H,12-14H2,1-5H3,(H,26,32). The molecule has 1 unspecified atom stereocenters. The number of nitrogens with one attached hydrogen (secondary N) is 1. The quantitative estimate of drug-likeness (QED) is 0.424. The van der Waals surface area contributed by atoms with E-state index in [1.165, 1.54) is 0 Å². The lowest BCUT2D eigenvalue weighted by molar-refractivity contribution is 0.111. The van der Waals surface area contributed by atoms with Crippen LogP contribution in [0.4, 0.5) is 0 Å². The monoisotopic (exact) mass is 478 g/mol. The Balaban J connectivity index is 1.57. The van der Waals surface area contributed by atoms with Gasteiger partial charge in [0.25, 0.3) is 5.56 Å². The van der Waals surface area contributed by atoms with Gasteiger partial charge in [0.1, 0.15) is 5.76 Å². The Hall–Kier alpha value is -3.66. The molecule has 3 aromatic heterocycles. The van der Waals surface area contributed by atoms with Crippen LogP contribution in [0.2, 0.25) is 0 Å². The number of nitrogens with zero attached hydrogens (tertiary/aromatic N) is 5. The third kappa shape index (κ3) is 4.53. The minimum Gasteiger partial charge on any atom is -0.468 e. The molecule has 1 atom stereocenters. The summed E-state index contributed by atoms with van der Waals surface area (Å²) < 4.78 is 18.5. The molecule has 1 aliphatic heterocycles. The zero-order valence-corrected chi connectivity index (χ0v) is 20.6. The first-order chi connectivity index (χ1) is 16.7. The fourth-order valence-electron chi connectivity index (χ4n) is 4.57. The van der Waals surface area contributed by atoms with Gasteiger partial charge in [0, 0.05) is 23.6 Å². The van der Waals surface area contributed by atoms with E-state index >= 15 is 0 Å². The average Bonchev–Trinajstić information content (AvgIpc) is 3.54. The molecule has 0 spiro atoms. The van der Waals surface area contributed by atoms with E-state index in [1.807, 2.05) is 28.9 Å². The molecule has 4 heterocycles. The van der Waals surface area contributed by atoms with Gasteiger partial charge in [0.2, 0.25) is 6.79 Å². The third-order valence-electron chi connectivity index (χ3n) is 6.15. The van der Waals surface area contributed by atoms with Crippen LogP contribution in [0, 0.1) is 5.92 Å². The maximum absolute atomic E-state index is 13.2. The molecule has 0 bridgehead atoms. The van der Waals surface area contributed by atoms with E-state index in [9.17, 15) is 4.79 Å². The van der Waals surface area contributed by atoms with E-state index < -0.39 is 0 Å². The van der Waals surface area contributed by atoms with Gasteiger partial charge in [-0.25, -0.2) is 4.68 Å². The van der Waals surface area contributed by atoms with Crippen molar-refractivity contribution in [2.75, 3.05) is 6.79 Å². The highest BCUT2D eigenvalue weighted by Gasteiger charge is 2.33. The SMILES string of the molecule is CC(C)C(c1nnnn1C(C)(C)C)N(Cc1ccco1)Cc1cc2cc3c(cc2[nH]c1=O)OCO3. The van der Waals surface area contributed by atoms with Crippen molar-refractivity contribution < 1.29 is 13.9 Å². The number of ether oxygens (including phenoxy) is 2. The zero-order valence-electron chi connectivity index (χ0n) is 20.6. The predicted octanol–water partition coefficient (Wildman–Crippen LogP) is 3.99. The highest BCUT2D eigenvalue weighted by molar-refractivity contribution is 5.83. The van der Waals surface area contributed by atoms with Crippen LogP contribution in [0.25, 0.3) is 10.9 Å². The summed E-state index contributed by atoms with van der Waals surface area (Å²) in [7, 11) is 0. The van der Waals surface area contributed by atoms with Crippen LogP contribution in [0.3, 0.4) is 0 Å². The van der Waals surface area contributed by atoms with E-state index in [-0.39, 0.29) is 29.9 Å². The smallest absolute Gasteiger partial charge is 0.252 e. The number of H-pyrrole nitrogens is 1. The molecule has 5 rings (SSSR count). The van der Waals surface area contributed by atoms with E-state index in [4.69, 9.17) is 13.9 Å². The van der Waals surface area contributed by atoms with E-state index in [0.717, 1.165) is 17.0 Å². The average molecular weight is 479 g/mol. The van der Waals surface area contributed by atoms with Gasteiger partial charge < -0.3 is 18.9 Å².